The third kappa shape index (κ3) is 3.41. The fourth-order valence-corrected chi connectivity index (χ4v) is 3.79. The van der Waals surface area contributed by atoms with Crippen molar-refractivity contribution in [3.63, 3.8) is 0 Å². The number of fused-ring (bicyclic) bond motifs is 1. The van der Waals surface area contributed by atoms with Crippen LogP contribution in [0, 0.1) is 0 Å². The number of carbonyl (C=O) groups is 1. The Morgan fingerprint density at radius 2 is 2.19 bits per heavy atom. The predicted molar refractivity (Wildman–Crippen MR) is 80.1 cm³/mol. The summed E-state index contributed by atoms with van der Waals surface area (Å²) in [7, 11) is 1.48. The van der Waals surface area contributed by atoms with Gasteiger partial charge in [0, 0.05) is 25.2 Å². The second kappa shape index (κ2) is 6.23. The molecule has 0 spiro atoms. The number of carbonyl (C=O) groups excluding carboxylic acids is 1. The Balaban J connectivity index is 1.59. The molecular weight excluding hydrogens is 268 g/mol. The molecule has 1 aliphatic heterocycles. The molecule has 1 saturated heterocycles. The van der Waals surface area contributed by atoms with Gasteiger partial charge in [-0.1, -0.05) is 0 Å². The van der Waals surface area contributed by atoms with Crippen LogP contribution in [0.4, 0.5) is 0 Å². The minimum absolute atomic E-state index is 0.134. The van der Waals surface area contributed by atoms with Crippen molar-refractivity contribution in [1.82, 2.24) is 10.2 Å². The molecule has 5 nitrogen and oxygen atoms in total. The number of methoxy groups -OCH3 is 1. The molecule has 0 radical (unpaired) electrons. The third-order valence-electron chi connectivity index (χ3n) is 5.23. The fraction of sp³-hybridized carbons (Fsp3) is 0.938. The van der Waals surface area contributed by atoms with Crippen molar-refractivity contribution >= 4 is 5.97 Å². The van der Waals surface area contributed by atoms with Gasteiger partial charge in [0.15, 0.2) is 0 Å². The van der Waals surface area contributed by atoms with E-state index < -0.39 is 5.54 Å². The topological polar surface area (TPSA) is 50.8 Å². The van der Waals surface area contributed by atoms with Crippen LogP contribution in [0.1, 0.15) is 45.4 Å². The largest absolute Gasteiger partial charge is 0.468 e. The molecule has 1 heterocycles. The highest BCUT2D eigenvalue weighted by Crippen LogP contribution is 2.31. The van der Waals surface area contributed by atoms with Gasteiger partial charge in [0.1, 0.15) is 5.54 Å². The van der Waals surface area contributed by atoms with Gasteiger partial charge in [-0.25, -0.2) is 0 Å². The summed E-state index contributed by atoms with van der Waals surface area (Å²) in [6, 6.07) is 1.06. The van der Waals surface area contributed by atoms with Crippen molar-refractivity contribution < 1.29 is 14.3 Å². The van der Waals surface area contributed by atoms with Crippen molar-refractivity contribution in [2.75, 3.05) is 26.8 Å². The van der Waals surface area contributed by atoms with Crippen LogP contribution in [0.25, 0.3) is 0 Å². The smallest absolute Gasteiger partial charge is 0.325 e. The molecule has 3 unspecified atom stereocenters. The van der Waals surface area contributed by atoms with Gasteiger partial charge in [0.25, 0.3) is 0 Å². The van der Waals surface area contributed by atoms with E-state index in [0.717, 1.165) is 26.1 Å². The Labute approximate surface area is 127 Å². The highest BCUT2D eigenvalue weighted by Gasteiger charge is 2.41. The molecule has 3 atom stereocenters. The summed E-state index contributed by atoms with van der Waals surface area (Å²) >= 11 is 0. The number of hydrogen-bond acceptors (Lipinski definition) is 5. The Hall–Kier alpha value is -0.650. The van der Waals surface area contributed by atoms with E-state index in [1.54, 1.807) is 0 Å². The molecule has 1 N–H and O–H groups in total. The summed E-state index contributed by atoms with van der Waals surface area (Å²) < 4.78 is 10.9. The number of nitrogens with one attached hydrogen (secondary N) is 1. The molecule has 3 rings (SSSR count). The number of rotatable bonds is 6. The summed E-state index contributed by atoms with van der Waals surface area (Å²) in [6.45, 7) is 4.74. The highest BCUT2D eigenvalue weighted by molar-refractivity contribution is 5.80. The maximum absolute atomic E-state index is 12.2. The van der Waals surface area contributed by atoms with Crippen molar-refractivity contribution in [2.24, 2.45) is 0 Å². The highest BCUT2D eigenvalue weighted by atomic mass is 16.5. The Bertz CT molecular complexity index is 386. The van der Waals surface area contributed by atoms with Gasteiger partial charge in [-0.05, 0) is 45.4 Å². The Morgan fingerprint density at radius 3 is 2.90 bits per heavy atom. The minimum Gasteiger partial charge on any atom is -0.468 e. The molecule has 2 saturated carbocycles. The molecule has 0 aromatic rings. The van der Waals surface area contributed by atoms with E-state index in [1.165, 1.54) is 39.2 Å². The zero-order valence-corrected chi connectivity index (χ0v) is 13.3. The van der Waals surface area contributed by atoms with Crippen LogP contribution < -0.4 is 5.32 Å². The lowest BCUT2D eigenvalue weighted by Crippen LogP contribution is -2.55. The molecule has 0 amide bonds. The average Bonchev–Trinajstić information content (AvgIpc) is 3.16. The Kier molecular flexibility index (Phi) is 4.52. The van der Waals surface area contributed by atoms with Gasteiger partial charge in [-0.3, -0.25) is 15.0 Å². The molecule has 0 aromatic heterocycles. The number of morpholine rings is 1. The number of nitrogens with zero attached hydrogens (tertiary/aromatic N) is 1. The lowest BCUT2D eigenvalue weighted by atomic mass is 9.96. The van der Waals surface area contributed by atoms with Gasteiger partial charge in [-0.15, -0.1) is 0 Å². The molecule has 3 aliphatic rings. The minimum atomic E-state index is -0.553. The van der Waals surface area contributed by atoms with Gasteiger partial charge in [0.2, 0.25) is 0 Å². The van der Waals surface area contributed by atoms with E-state index in [9.17, 15) is 4.79 Å². The number of hydrogen-bond donors (Lipinski definition) is 1. The monoisotopic (exact) mass is 296 g/mol. The quantitative estimate of drug-likeness (QED) is 0.749. The first-order valence-electron chi connectivity index (χ1n) is 8.34. The molecule has 2 aliphatic carbocycles. The molecule has 120 valence electrons. The molecule has 0 aromatic carbocycles. The summed E-state index contributed by atoms with van der Waals surface area (Å²) in [5.74, 6) is -0.134. The van der Waals surface area contributed by atoms with E-state index in [-0.39, 0.29) is 5.97 Å². The van der Waals surface area contributed by atoms with Gasteiger partial charge < -0.3 is 9.47 Å². The van der Waals surface area contributed by atoms with Crippen molar-refractivity contribution in [1.29, 1.82) is 0 Å². The van der Waals surface area contributed by atoms with E-state index in [0.29, 0.717) is 18.2 Å². The second-order valence-electron chi connectivity index (χ2n) is 6.94. The molecule has 21 heavy (non-hydrogen) atoms. The fourth-order valence-electron chi connectivity index (χ4n) is 3.79. The number of ether oxygens (including phenoxy) is 2. The van der Waals surface area contributed by atoms with Crippen LogP contribution in [-0.2, 0) is 14.3 Å². The van der Waals surface area contributed by atoms with Crippen molar-refractivity contribution in [3.05, 3.63) is 0 Å². The summed E-state index contributed by atoms with van der Waals surface area (Å²) in [5.41, 5.74) is -0.553. The van der Waals surface area contributed by atoms with Gasteiger partial charge in [-0.2, -0.15) is 0 Å². The van der Waals surface area contributed by atoms with Crippen LogP contribution >= 0.6 is 0 Å². The molecule has 0 bridgehead atoms. The maximum atomic E-state index is 12.2. The third-order valence-corrected chi connectivity index (χ3v) is 5.23. The van der Waals surface area contributed by atoms with E-state index in [2.05, 4.69) is 10.2 Å². The molecular formula is C16H28N2O3. The molecule has 3 fully saturated rings. The van der Waals surface area contributed by atoms with Crippen LogP contribution in [0.2, 0.25) is 0 Å². The van der Waals surface area contributed by atoms with Crippen LogP contribution in [0.3, 0.4) is 0 Å². The van der Waals surface area contributed by atoms with E-state index in [1.807, 2.05) is 6.92 Å². The van der Waals surface area contributed by atoms with Crippen molar-refractivity contribution in [3.8, 4) is 0 Å². The zero-order valence-electron chi connectivity index (χ0n) is 13.3. The standard InChI is InChI=1S/C16H28N2O3/c1-16(15(19)20-2,17-12-6-7-12)8-9-18-10-11-21-14-5-3-4-13(14)18/h12-14,17H,3-11H2,1-2H3. The van der Waals surface area contributed by atoms with E-state index in [4.69, 9.17) is 9.47 Å². The van der Waals surface area contributed by atoms with Gasteiger partial charge >= 0.3 is 5.97 Å². The first-order chi connectivity index (χ1) is 10.1. The van der Waals surface area contributed by atoms with Gasteiger partial charge in [0.05, 0.1) is 19.8 Å². The summed E-state index contributed by atoms with van der Waals surface area (Å²) in [5, 5.41) is 3.48. The first-order valence-corrected chi connectivity index (χ1v) is 8.34. The van der Waals surface area contributed by atoms with Crippen LogP contribution in [0.5, 0.6) is 0 Å². The second-order valence-corrected chi connectivity index (χ2v) is 6.94. The SMILES string of the molecule is COC(=O)C(C)(CCN1CCOC2CCCC21)NC1CC1. The lowest BCUT2D eigenvalue weighted by Gasteiger charge is -2.39. The number of esters is 1. The average molecular weight is 296 g/mol. The maximum Gasteiger partial charge on any atom is 0.325 e. The zero-order chi connectivity index (χ0) is 14.9. The lowest BCUT2D eigenvalue weighted by molar-refractivity contribution is -0.148. The first kappa shape index (κ1) is 15.3. The Morgan fingerprint density at radius 1 is 1.38 bits per heavy atom. The summed E-state index contributed by atoms with van der Waals surface area (Å²) in [6.07, 6.45) is 7.26. The molecule has 5 heteroatoms. The van der Waals surface area contributed by atoms with Crippen LogP contribution in [-0.4, -0.2) is 61.4 Å². The van der Waals surface area contributed by atoms with Crippen LogP contribution in [0.15, 0.2) is 0 Å². The normalized spacial score (nSPS) is 32.5. The summed E-state index contributed by atoms with van der Waals surface area (Å²) in [4.78, 5) is 14.7. The predicted octanol–water partition coefficient (Wildman–Crippen LogP) is 1.31. The van der Waals surface area contributed by atoms with E-state index >= 15 is 0 Å². The van der Waals surface area contributed by atoms with Crippen molar-refractivity contribution in [2.45, 2.75) is 69.2 Å².